The number of hydrogen-bond acceptors (Lipinski definition) is 4. The number of hydrogen-bond donors (Lipinski definition) is 2. The van der Waals surface area contributed by atoms with Crippen LogP contribution in [-0.4, -0.2) is 72.8 Å². The molecular formula is C37H40N4O3. The van der Waals surface area contributed by atoms with Crippen molar-refractivity contribution in [2.75, 3.05) is 39.3 Å². The van der Waals surface area contributed by atoms with E-state index in [0.717, 1.165) is 49.2 Å². The van der Waals surface area contributed by atoms with Crippen LogP contribution in [0, 0.1) is 0 Å². The molecule has 0 aliphatic carbocycles. The van der Waals surface area contributed by atoms with Crippen molar-refractivity contribution in [2.24, 2.45) is 0 Å². The zero-order valence-electron chi connectivity index (χ0n) is 25.0. The summed E-state index contributed by atoms with van der Waals surface area (Å²) in [6, 6.07) is 36.1. The molecule has 7 heteroatoms. The maximum atomic E-state index is 13.6. The minimum atomic E-state index is -0.664. The van der Waals surface area contributed by atoms with E-state index in [1.807, 2.05) is 114 Å². The van der Waals surface area contributed by atoms with Gasteiger partial charge in [0.1, 0.15) is 6.04 Å². The summed E-state index contributed by atoms with van der Waals surface area (Å²) in [6.45, 7) is 4.19. The second-order valence-corrected chi connectivity index (χ2v) is 11.1. The van der Waals surface area contributed by atoms with Gasteiger partial charge in [-0.05, 0) is 60.7 Å². The normalized spacial score (nSPS) is 14.0. The number of rotatable bonds is 12. The molecule has 1 saturated heterocycles. The van der Waals surface area contributed by atoms with Gasteiger partial charge in [0, 0.05) is 43.9 Å². The molecule has 3 amide bonds. The zero-order valence-corrected chi connectivity index (χ0v) is 25.0. The first kappa shape index (κ1) is 30.7. The lowest BCUT2D eigenvalue weighted by atomic mass is 9.98. The van der Waals surface area contributed by atoms with Gasteiger partial charge in [0.25, 0.3) is 11.8 Å². The van der Waals surface area contributed by atoms with Crippen LogP contribution in [0.4, 0.5) is 0 Å². The lowest BCUT2D eigenvalue weighted by Crippen LogP contribution is -2.50. The maximum Gasteiger partial charge on any atom is 0.253 e. The number of piperazine rings is 1. The molecule has 2 N–H and O–H groups in total. The highest BCUT2D eigenvalue weighted by atomic mass is 16.2. The summed E-state index contributed by atoms with van der Waals surface area (Å²) < 4.78 is 0. The maximum absolute atomic E-state index is 13.6. The molecule has 0 aromatic heterocycles. The summed E-state index contributed by atoms with van der Waals surface area (Å²) in [7, 11) is 0. The van der Waals surface area contributed by atoms with E-state index in [9.17, 15) is 14.4 Å². The van der Waals surface area contributed by atoms with Gasteiger partial charge in [-0.1, -0.05) is 97.1 Å². The Morgan fingerprint density at radius 3 is 2.02 bits per heavy atom. The predicted octanol–water partition coefficient (Wildman–Crippen LogP) is 5.05. The van der Waals surface area contributed by atoms with Crippen LogP contribution < -0.4 is 10.6 Å². The minimum absolute atomic E-state index is 0.0657. The fourth-order valence-electron chi connectivity index (χ4n) is 5.61. The van der Waals surface area contributed by atoms with Crippen molar-refractivity contribution in [1.82, 2.24) is 20.4 Å². The largest absolute Gasteiger partial charge is 0.354 e. The van der Waals surface area contributed by atoms with Crippen molar-refractivity contribution in [3.8, 4) is 11.1 Å². The van der Waals surface area contributed by atoms with Gasteiger partial charge in [-0.3, -0.25) is 19.3 Å². The van der Waals surface area contributed by atoms with Crippen LogP contribution in [0.2, 0.25) is 0 Å². The molecule has 1 heterocycles. The Kier molecular flexibility index (Phi) is 10.9. The summed E-state index contributed by atoms with van der Waals surface area (Å²) in [5, 5.41) is 6.09. The summed E-state index contributed by atoms with van der Waals surface area (Å²) in [6.07, 6.45) is 1.97. The molecule has 0 spiro atoms. The molecule has 1 aliphatic rings. The first-order chi connectivity index (χ1) is 21.6. The fourth-order valence-corrected chi connectivity index (χ4v) is 5.61. The molecule has 44 heavy (non-hydrogen) atoms. The van der Waals surface area contributed by atoms with Crippen molar-refractivity contribution in [3.05, 3.63) is 132 Å². The Morgan fingerprint density at radius 2 is 1.32 bits per heavy atom. The Morgan fingerprint density at radius 1 is 0.705 bits per heavy atom. The topological polar surface area (TPSA) is 81.8 Å². The first-order valence-electron chi connectivity index (χ1n) is 15.4. The van der Waals surface area contributed by atoms with Crippen LogP contribution in [0.3, 0.4) is 0 Å². The van der Waals surface area contributed by atoms with Crippen LogP contribution >= 0.6 is 0 Å². The van der Waals surface area contributed by atoms with E-state index < -0.39 is 6.04 Å². The Labute approximate surface area is 259 Å². The lowest BCUT2D eigenvalue weighted by molar-refractivity contribution is -0.123. The van der Waals surface area contributed by atoms with Crippen molar-refractivity contribution in [2.45, 2.75) is 25.3 Å². The van der Waals surface area contributed by atoms with Gasteiger partial charge >= 0.3 is 0 Å². The minimum Gasteiger partial charge on any atom is -0.354 e. The molecule has 1 atom stereocenters. The van der Waals surface area contributed by atoms with Crippen LogP contribution in [0.1, 0.15) is 39.1 Å². The van der Waals surface area contributed by atoms with Gasteiger partial charge in [-0.15, -0.1) is 0 Å². The lowest BCUT2D eigenvalue weighted by Gasteiger charge is -2.35. The smallest absolute Gasteiger partial charge is 0.253 e. The van der Waals surface area contributed by atoms with Crippen LogP contribution in [-0.2, 0) is 11.2 Å². The molecule has 4 aromatic carbocycles. The van der Waals surface area contributed by atoms with Gasteiger partial charge in [0.15, 0.2) is 0 Å². The second-order valence-electron chi connectivity index (χ2n) is 11.1. The summed E-state index contributed by atoms with van der Waals surface area (Å²) in [5.41, 5.74) is 4.19. The van der Waals surface area contributed by atoms with Gasteiger partial charge in [-0.25, -0.2) is 0 Å². The Bertz CT molecular complexity index is 1500. The molecule has 1 fully saturated rings. The number of nitrogens with one attached hydrogen (secondary N) is 2. The molecule has 1 aliphatic heterocycles. The molecular weight excluding hydrogens is 548 g/mol. The third-order valence-corrected chi connectivity index (χ3v) is 8.08. The Hall–Kier alpha value is -4.75. The van der Waals surface area contributed by atoms with Crippen LogP contribution in [0.15, 0.2) is 115 Å². The quantitative estimate of drug-likeness (QED) is 0.243. The summed E-state index contributed by atoms with van der Waals surface area (Å²) in [4.78, 5) is 44.0. The number of benzene rings is 4. The summed E-state index contributed by atoms with van der Waals surface area (Å²) >= 11 is 0. The van der Waals surface area contributed by atoms with Crippen molar-refractivity contribution in [3.63, 3.8) is 0 Å². The number of carbonyl (C=O) groups excluding carboxylic acids is 3. The van der Waals surface area contributed by atoms with E-state index in [2.05, 4.69) is 15.5 Å². The summed E-state index contributed by atoms with van der Waals surface area (Å²) in [5.74, 6) is -0.374. The van der Waals surface area contributed by atoms with Gasteiger partial charge in [-0.2, -0.15) is 0 Å². The molecule has 0 saturated carbocycles. The van der Waals surface area contributed by atoms with Gasteiger partial charge in [0.2, 0.25) is 5.91 Å². The Balaban J connectivity index is 1.19. The highest BCUT2D eigenvalue weighted by Crippen LogP contribution is 2.23. The van der Waals surface area contributed by atoms with Crippen molar-refractivity contribution >= 4 is 17.7 Å². The van der Waals surface area contributed by atoms with Crippen molar-refractivity contribution in [1.29, 1.82) is 0 Å². The average Bonchev–Trinajstić information content (AvgIpc) is 3.09. The standard InChI is InChI=1S/C37H40N4O3/c42-35(33-20-11-10-19-32(33)30-15-6-2-7-16-30)39-34(36(43)38-23-22-29-13-4-1-5-14-29)21-12-24-40-25-27-41(28-26-40)37(44)31-17-8-3-9-18-31/h1-11,13-20,34H,12,21-28H2,(H,38,43)(H,39,42)/t34-/m0/s1. The highest BCUT2D eigenvalue weighted by molar-refractivity contribution is 6.02. The number of amides is 3. The molecule has 0 radical (unpaired) electrons. The fraction of sp³-hybridized carbons (Fsp3) is 0.270. The first-order valence-corrected chi connectivity index (χ1v) is 15.4. The van der Waals surface area contributed by atoms with E-state index in [-0.39, 0.29) is 17.7 Å². The van der Waals surface area contributed by atoms with Gasteiger partial charge < -0.3 is 15.5 Å². The van der Waals surface area contributed by atoms with Crippen LogP contribution in [0.5, 0.6) is 0 Å². The third kappa shape index (κ3) is 8.42. The molecule has 226 valence electrons. The third-order valence-electron chi connectivity index (χ3n) is 8.08. The van der Waals surface area contributed by atoms with E-state index >= 15 is 0 Å². The van der Waals surface area contributed by atoms with Gasteiger partial charge in [0.05, 0.1) is 0 Å². The number of carbonyl (C=O) groups is 3. The highest BCUT2D eigenvalue weighted by Gasteiger charge is 2.25. The molecule has 4 aromatic rings. The number of nitrogens with zero attached hydrogens (tertiary/aromatic N) is 2. The van der Waals surface area contributed by atoms with Crippen LogP contribution in [0.25, 0.3) is 11.1 Å². The molecule has 0 unspecified atom stereocenters. The average molecular weight is 589 g/mol. The SMILES string of the molecule is O=C(N[C@@H](CCCN1CCN(C(=O)c2ccccc2)CC1)C(=O)NCCc1ccccc1)c1ccccc1-c1ccccc1. The monoisotopic (exact) mass is 588 g/mol. The molecule has 0 bridgehead atoms. The molecule has 5 rings (SSSR count). The van der Waals surface area contributed by atoms with E-state index in [4.69, 9.17) is 0 Å². The predicted molar refractivity (Wildman–Crippen MR) is 174 cm³/mol. The zero-order chi connectivity index (χ0) is 30.6. The van der Waals surface area contributed by atoms with E-state index in [0.29, 0.717) is 37.2 Å². The second kappa shape index (κ2) is 15.6. The van der Waals surface area contributed by atoms with E-state index in [1.165, 1.54) is 0 Å². The molecule has 7 nitrogen and oxygen atoms in total. The van der Waals surface area contributed by atoms with Crippen molar-refractivity contribution < 1.29 is 14.4 Å². The van der Waals surface area contributed by atoms with E-state index in [1.54, 1.807) is 6.07 Å².